The molecule has 0 heterocycles. The molecule has 0 spiro atoms. The molecule has 40 heteroatoms. The largest absolute Gasteiger partial charge is 0.481 e. The number of aliphatic carboxylic acids is 2. The molecule has 0 aliphatic carbocycles. The van der Waals surface area contributed by atoms with E-state index in [1.807, 2.05) is 27.7 Å². The third kappa shape index (κ3) is 67.6. The Balaban J connectivity index is 0. The molecule has 0 aliphatic rings. The van der Waals surface area contributed by atoms with Gasteiger partial charge >= 0.3 is 36.3 Å². The number of hydrogen-bond acceptors (Lipinski definition) is 26. The topological polar surface area (TPSA) is 521 Å². The fourth-order valence-electron chi connectivity index (χ4n) is 9.65. The number of carbonyl (C=O) groups is 14. The molecular formula is C70H128N12O28. The predicted molar refractivity (Wildman–Crippen MR) is 395 cm³/mol. The van der Waals surface area contributed by atoms with Gasteiger partial charge in [-0.25, -0.2) is 39.5 Å². The average Bonchev–Trinajstić information content (AvgIpc) is 0.919. The van der Waals surface area contributed by atoms with Gasteiger partial charge in [0.25, 0.3) is 0 Å². The van der Waals surface area contributed by atoms with Crippen molar-refractivity contribution in [3.63, 3.8) is 0 Å². The Morgan fingerprint density at radius 1 is 0.245 bits per heavy atom. The smallest absolute Gasteiger partial charge is 0.409 e. The molecular weight excluding hydrogens is 1460 g/mol. The molecule has 0 aromatic carbocycles. The summed E-state index contributed by atoms with van der Waals surface area (Å²) in [6.07, 6.45) is 8.55. The summed E-state index contributed by atoms with van der Waals surface area (Å²) >= 11 is 0. The van der Waals surface area contributed by atoms with Crippen LogP contribution in [0.1, 0.15) is 195 Å². The summed E-state index contributed by atoms with van der Waals surface area (Å²) in [5.74, 6) is -4.52. The van der Waals surface area contributed by atoms with E-state index in [2.05, 4.69) is 62.4 Å². The Morgan fingerprint density at radius 2 is 0.464 bits per heavy atom. The Hall–Kier alpha value is -8.54. The summed E-state index contributed by atoms with van der Waals surface area (Å²) in [5, 5.41) is 62.3. The number of amides is 12. The zero-order valence-corrected chi connectivity index (χ0v) is 65.1. The van der Waals surface area contributed by atoms with Crippen molar-refractivity contribution in [3.05, 3.63) is 0 Å². The number of unbranched alkanes of at least 4 members (excludes halogenated alkanes) is 8. The van der Waals surface area contributed by atoms with Gasteiger partial charge in [-0.3, -0.25) is 47.9 Å². The molecule has 0 aliphatic heterocycles. The van der Waals surface area contributed by atoms with Crippen molar-refractivity contribution < 1.29 is 136 Å². The summed E-state index contributed by atoms with van der Waals surface area (Å²) in [7, 11) is 0. The van der Waals surface area contributed by atoms with E-state index >= 15 is 0 Å². The molecule has 0 aromatic heterocycles. The highest BCUT2D eigenvalue weighted by molar-refractivity contribution is 5.82. The van der Waals surface area contributed by atoms with Crippen LogP contribution in [0.3, 0.4) is 0 Å². The Morgan fingerprint density at radius 3 is 0.691 bits per heavy atom. The maximum Gasteiger partial charge on any atom is 0.409 e. The average molecular weight is 1590 g/mol. The van der Waals surface area contributed by atoms with Crippen molar-refractivity contribution in [3.8, 4) is 0 Å². The first-order valence-corrected chi connectivity index (χ1v) is 38.3. The highest BCUT2D eigenvalue weighted by Gasteiger charge is 2.20. The molecule has 0 radical (unpaired) electrons. The number of nitrogens with zero attached hydrogens (tertiary/aromatic N) is 4. The first-order valence-electron chi connectivity index (χ1n) is 38.3. The third-order valence-electron chi connectivity index (χ3n) is 15.3. The lowest BCUT2D eigenvalue weighted by Crippen LogP contribution is -2.43. The molecule has 0 rings (SSSR count). The second kappa shape index (κ2) is 74.5. The number of rotatable bonds is 70. The molecule has 12 amide bonds. The van der Waals surface area contributed by atoms with Crippen LogP contribution in [0.15, 0.2) is 0 Å². The molecule has 0 bridgehead atoms. The molecule has 12 N–H and O–H groups in total. The van der Waals surface area contributed by atoms with Crippen LogP contribution in [0.2, 0.25) is 0 Å². The van der Waals surface area contributed by atoms with Gasteiger partial charge in [-0.05, 0) is 77.0 Å². The number of ether oxygens (including phenoxy) is 6. The SMILES string of the molecule is CCCN(CCC)C(=O)OCCOCCOC(=O)N(CCC)CCC.O=C(O)CCC(=O)NCCCCCC(=O)NCCN(CCNC(=O)CCCCCNC(=O)CCC(=O)O)C(=O)OCCOCCOC(=O)N(CCNC(=O)CCCCCNC(=O)CCOOO)CCNC(=O)CCCCCNC(=O)CCOOO. The van der Waals surface area contributed by atoms with Crippen LogP contribution < -0.4 is 42.5 Å². The fourth-order valence-corrected chi connectivity index (χ4v) is 9.65. The van der Waals surface area contributed by atoms with Crippen LogP contribution in [-0.2, 0) is 96.2 Å². The highest BCUT2D eigenvalue weighted by Crippen LogP contribution is 2.07. The summed E-state index contributed by atoms with van der Waals surface area (Å²) < 4.78 is 32.1. The van der Waals surface area contributed by atoms with E-state index in [-0.39, 0.29) is 229 Å². The van der Waals surface area contributed by atoms with E-state index in [0.29, 0.717) is 143 Å². The van der Waals surface area contributed by atoms with Gasteiger partial charge in [0.1, 0.15) is 26.4 Å². The van der Waals surface area contributed by atoms with E-state index in [9.17, 15) is 67.1 Å². The number of carboxylic acid groups (broad SMARTS) is 2. The molecule has 636 valence electrons. The van der Waals surface area contributed by atoms with Crippen molar-refractivity contribution in [2.75, 3.05) is 171 Å². The summed E-state index contributed by atoms with van der Waals surface area (Å²) in [4.78, 5) is 183. The van der Waals surface area contributed by atoms with Crippen molar-refractivity contribution in [1.29, 1.82) is 0 Å². The van der Waals surface area contributed by atoms with E-state index < -0.39 is 24.1 Å². The van der Waals surface area contributed by atoms with Gasteiger partial charge in [-0.2, -0.15) is 0 Å². The van der Waals surface area contributed by atoms with Gasteiger partial charge in [-0.15, -0.1) is 0 Å². The summed E-state index contributed by atoms with van der Waals surface area (Å²) in [5.41, 5.74) is 0. The first kappa shape index (κ1) is 104. The van der Waals surface area contributed by atoms with Crippen LogP contribution in [0.25, 0.3) is 0 Å². The van der Waals surface area contributed by atoms with Gasteiger partial charge in [-0.1, -0.05) is 63.5 Å². The molecule has 0 fully saturated rings. The lowest BCUT2D eigenvalue weighted by atomic mass is 10.2. The van der Waals surface area contributed by atoms with Gasteiger partial charge in [0.15, 0.2) is 0 Å². The van der Waals surface area contributed by atoms with Crippen LogP contribution in [-0.4, -0.2) is 295 Å². The zero-order chi connectivity index (χ0) is 81.9. The van der Waals surface area contributed by atoms with Crippen LogP contribution in [0.5, 0.6) is 0 Å². The number of carbonyl (C=O) groups excluding carboxylic acids is 12. The van der Waals surface area contributed by atoms with Gasteiger partial charge in [0, 0.05) is 143 Å². The molecule has 40 nitrogen and oxygen atoms in total. The second-order valence-electron chi connectivity index (χ2n) is 24.8. The number of hydrogen-bond donors (Lipinski definition) is 12. The Kier molecular flexibility index (Phi) is 70.1. The minimum absolute atomic E-state index is 0.00343. The minimum atomic E-state index is -1.07. The standard InChI is InChI=1S/C52H92N10O23.C18H36N2O5/c63-41(13-5-1-9-23-53-45(67)17-19-49(71)72)57-27-31-61(32-28-58-42(64)14-6-2-10-24-54-46(68)18-20-50(73)74)51(75)80-39-37-79-38-40-81-52(76)62(33-29-59-43(65)15-7-3-11-25-55-47(69)21-35-82-84-77)34-30-60-44(66)16-8-4-12-26-56-48(70)22-36-83-85-78;1-5-9-19(10-6-2)17(21)24-15-13-23-14-16-25-18(22)20(11-7-3)12-8-4/h77-78H,1-40H2,(H,53,67)(H,54,68)(H,55,69)(H,56,70)(H,57,63)(H,58,64)(H,59,65)(H,60,66)(H,71,72)(H,73,74);5-16H2,1-4H3. The quantitative estimate of drug-likeness (QED) is 0.0178. The second-order valence-corrected chi connectivity index (χ2v) is 24.8. The Labute approximate surface area is 645 Å². The maximum atomic E-state index is 13.2. The van der Waals surface area contributed by atoms with Crippen molar-refractivity contribution in [2.45, 2.75) is 195 Å². The molecule has 0 aromatic rings. The molecule has 0 unspecified atom stereocenters. The third-order valence-corrected chi connectivity index (χ3v) is 15.3. The van der Waals surface area contributed by atoms with E-state index in [0.717, 1.165) is 25.7 Å². The van der Waals surface area contributed by atoms with Crippen LogP contribution in [0, 0.1) is 0 Å². The minimum Gasteiger partial charge on any atom is -0.481 e. The van der Waals surface area contributed by atoms with Crippen LogP contribution >= 0.6 is 0 Å². The van der Waals surface area contributed by atoms with Crippen LogP contribution in [0.4, 0.5) is 19.2 Å². The fraction of sp³-hybridized carbons (Fsp3) is 0.800. The molecule has 0 atom stereocenters. The first-order chi connectivity index (χ1) is 53.1. The monoisotopic (exact) mass is 1580 g/mol. The predicted octanol–water partition coefficient (Wildman–Crippen LogP) is 3.92. The zero-order valence-electron chi connectivity index (χ0n) is 65.1. The lowest BCUT2D eigenvalue weighted by Gasteiger charge is -2.23. The van der Waals surface area contributed by atoms with E-state index in [1.165, 1.54) is 9.80 Å². The maximum absolute atomic E-state index is 13.2. The van der Waals surface area contributed by atoms with Gasteiger partial charge in [0.05, 0.1) is 65.3 Å². The molecule has 0 saturated carbocycles. The van der Waals surface area contributed by atoms with Crippen molar-refractivity contribution in [1.82, 2.24) is 62.1 Å². The van der Waals surface area contributed by atoms with Crippen molar-refractivity contribution >= 4 is 83.6 Å². The normalized spacial score (nSPS) is 10.6. The summed E-state index contributed by atoms with van der Waals surface area (Å²) in [6, 6.07) is 0. The summed E-state index contributed by atoms with van der Waals surface area (Å²) in [6.45, 7) is 12.9. The highest BCUT2D eigenvalue weighted by atomic mass is 17.5. The lowest BCUT2D eigenvalue weighted by molar-refractivity contribution is -0.490. The number of nitrogens with one attached hydrogen (secondary N) is 8. The van der Waals surface area contributed by atoms with E-state index in [1.54, 1.807) is 9.80 Å². The molecule has 110 heavy (non-hydrogen) atoms. The number of carboxylic acids is 2. The Bertz CT molecular complexity index is 2380. The van der Waals surface area contributed by atoms with Gasteiger partial charge < -0.3 is 101 Å². The van der Waals surface area contributed by atoms with Gasteiger partial charge in [0.2, 0.25) is 47.3 Å². The van der Waals surface area contributed by atoms with Crippen molar-refractivity contribution in [2.24, 2.45) is 0 Å². The molecule has 0 saturated heterocycles. The van der Waals surface area contributed by atoms with E-state index in [4.69, 9.17) is 49.1 Å².